The van der Waals surface area contributed by atoms with Gasteiger partial charge in [-0.3, -0.25) is 0 Å². The molecule has 10 aromatic rings. The highest BCUT2D eigenvalue weighted by Crippen LogP contribution is 2.59. The first-order valence-electron chi connectivity index (χ1n) is 24.7. The lowest BCUT2D eigenvalue weighted by molar-refractivity contribution is 0.445. The van der Waals surface area contributed by atoms with Crippen LogP contribution in [0.1, 0.15) is 89.5 Å². The highest BCUT2D eigenvalue weighted by atomic mass is 15.1. The second kappa shape index (κ2) is 16.2. The second-order valence-electron chi connectivity index (χ2n) is 19.4. The van der Waals surface area contributed by atoms with Crippen molar-refractivity contribution in [2.24, 2.45) is 0 Å². The second-order valence-corrected chi connectivity index (χ2v) is 19.4. The molecule has 1 atom stereocenters. The topological polar surface area (TPSA) is 3.24 Å². The zero-order valence-electron chi connectivity index (χ0n) is 38.6. The van der Waals surface area contributed by atoms with Crippen LogP contribution in [-0.2, 0) is 10.8 Å². The molecule has 326 valence electrons. The summed E-state index contributed by atoms with van der Waals surface area (Å²) in [6, 6.07) is 89.3. The molecule has 0 aromatic heterocycles. The fourth-order valence-electron chi connectivity index (χ4n) is 13.0. The van der Waals surface area contributed by atoms with E-state index in [-0.39, 0.29) is 5.41 Å². The number of fused-ring (bicyclic) bond motifs is 7. The van der Waals surface area contributed by atoms with Gasteiger partial charge in [0.15, 0.2) is 0 Å². The lowest BCUT2D eigenvalue weighted by atomic mass is 9.67. The molecule has 1 saturated carbocycles. The zero-order chi connectivity index (χ0) is 45.2. The third-order valence-electron chi connectivity index (χ3n) is 16.0. The molecule has 1 unspecified atom stereocenters. The zero-order valence-corrected chi connectivity index (χ0v) is 38.6. The summed E-state index contributed by atoms with van der Waals surface area (Å²) >= 11 is 0. The molecular formula is C67H53N. The molecule has 0 heterocycles. The first-order chi connectivity index (χ1) is 33.7. The smallest absolute Gasteiger partial charge is 0.0713 e. The van der Waals surface area contributed by atoms with Gasteiger partial charge in [-0.05, 0) is 127 Å². The van der Waals surface area contributed by atoms with Crippen molar-refractivity contribution in [2.45, 2.75) is 55.8 Å². The van der Waals surface area contributed by atoms with Crippen LogP contribution >= 0.6 is 0 Å². The van der Waals surface area contributed by atoms with Crippen molar-refractivity contribution in [3.8, 4) is 33.4 Å². The monoisotopic (exact) mass is 871 g/mol. The van der Waals surface area contributed by atoms with E-state index in [0.29, 0.717) is 5.92 Å². The van der Waals surface area contributed by atoms with E-state index in [1.54, 1.807) is 0 Å². The van der Waals surface area contributed by atoms with E-state index in [9.17, 15) is 0 Å². The lowest BCUT2D eigenvalue weighted by Crippen LogP contribution is -2.28. The minimum atomic E-state index is -0.487. The summed E-state index contributed by atoms with van der Waals surface area (Å²) in [6.07, 6.45) is 6.44. The molecule has 0 bridgehead atoms. The molecule has 13 rings (SSSR count). The summed E-state index contributed by atoms with van der Waals surface area (Å²) in [5.74, 6) is 0.566. The van der Waals surface area contributed by atoms with Gasteiger partial charge >= 0.3 is 0 Å². The first-order valence-corrected chi connectivity index (χ1v) is 24.7. The number of rotatable bonds is 8. The van der Waals surface area contributed by atoms with Gasteiger partial charge in [0.2, 0.25) is 0 Å². The molecule has 0 N–H and O–H groups in total. The molecule has 10 aromatic carbocycles. The lowest BCUT2D eigenvalue weighted by Gasteiger charge is -2.35. The summed E-state index contributed by atoms with van der Waals surface area (Å²) in [5, 5.41) is 2.71. The number of benzene rings is 10. The van der Waals surface area contributed by atoms with Crippen LogP contribution in [0.15, 0.2) is 237 Å². The Kier molecular flexibility index (Phi) is 9.68. The fraction of sp³-hybridized carbons (Fsp3) is 0.134. The molecule has 0 radical (unpaired) electrons. The molecule has 0 spiro atoms. The molecule has 3 aliphatic carbocycles. The van der Waals surface area contributed by atoms with Gasteiger partial charge < -0.3 is 4.90 Å². The van der Waals surface area contributed by atoms with Crippen LogP contribution in [0.2, 0.25) is 0 Å². The minimum Gasteiger partial charge on any atom is -0.309 e. The van der Waals surface area contributed by atoms with Crippen LogP contribution in [-0.4, -0.2) is 0 Å². The van der Waals surface area contributed by atoms with Gasteiger partial charge in [0.1, 0.15) is 0 Å². The predicted molar refractivity (Wildman–Crippen MR) is 285 cm³/mol. The standard InChI is InChI=1S/C67H53N/c1-66(48-26-7-3-8-27-48)58-36-15-13-33-57(58)65-61(66)39-21-41-63(65)68(62-40-18-14-32-55(62)56-35-20-25-47-24-19-34-52(64(47)56)46-22-5-2-6-23-46)51-44-42-50(43-45-51)67(49-28-9-4-10-29-49)59-37-16-11-30-53(59)54-31-12-17-38-60(54)67/h3-4,7-21,24-46H,2,5-6,22-23H2,1H3. The van der Waals surface area contributed by atoms with Gasteiger partial charge in [0.25, 0.3) is 0 Å². The van der Waals surface area contributed by atoms with E-state index in [1.807, 2.05) is 0 Å². The number of anilines is 3. The average Bonchev–Trinajstić information content (AvgIpc) is 3.87. The Balaban J connectivity index is 1.07. The Hall–Kier alpha value is -7.74. The van der Waals surface area contributed by atoms with Gasteiger partial charge in [-0.2, -0.15) is 0 Å². The molecule has 68 heavy (non-hydrogen) atoms. The maximum atomic E-state index is 2.58. The van der Waals surface area contributed by atoms with Gasteiger partial charge in [-0.25, -0.2) is 0 Å². The van der Waals surface area contributed by atoms with Crippen LogP contribution in [0.25, 0.3) is 44.2 Å². The van der Waals surface area contributed by atoms with E-state index in [2.05, 4.69) is 248 Å². The van der Waals surface area contributed by atoms with E-state index < -0.39 is 5.41 Å². The molecule has 0 aliphatic heterocycles. The quantitative estimate of drug-likeness (QED) is 0.147. The Bertz CT molecular complexity index is 3450. The molecule has 1 nitrogen and oxygen atoms in total. The van der Waals surface area contributed by atoms with Crippen molar-refractivity contribution in [3.63, 3.8) is 0 Å². The third-order valence-corrected chi connectivity index (χ3v) is 16.0. The van der Waals surface area contributed by atoms with Crippen LogP contribution in [0.4, 0.5) is 17.1 Å². The molecule has 0 amide bonds. The van der Waals surface area contributed by atoms with Crippen LogP contribution < -0.4 is 4.90 Å². The van der Waals surface area contributed by atoms with Crippen LogP contribution in [0.5, 0.6) is 0 Å². The van der Waals surface area contributed by atoms with Crippen molar-refractivity contribution in [1.82, 2.24) is 0 Å². The van der Waals surface area contributed by atoms with E-state index in [1.165, 1.54) is 132 Å². The Morgan fingerprint density at radius 3 is 1.56 bits per heavy atom. The molecule has 0 saturated heterocycles. The summed E-state index contributed by atoms with van der Waals surface area (Å²) < 4.78 is 0. The number of hydrogen-bond donors (Lipinski definition) is 0. The van der Waals surface area contributed by atoms with E-state index >= 15 is 0 Å². The average molecular weight is 872 g/mol. The Morgan fingerprint density at radius 2 is 0.868 bits per heavy atom. The first kappa shape index (κ1) is 40.5. The van der Waals surface area contributed by atoms with Gasteiger partial charge in [0.05, 0.1) is 16.8 Å². The maximum Gasteiger partial charge on any atom is 0.0713 e. The summed E-state index contributed by atoms with van der Waals surface area (Å²) in [5.41, 5.74) is 21.0. The number of hydrogen-bond acceptors (Lipinski definition) is 1. The highest BCUT2D eigenvalue weighted by Gasteiger charge is 2.46. The van der Waals surface area contributed by atoms with Crippen molar-refractivity contribution < 1.29 is 0 Å². The van der Waals surface area contributed by atoms with Crippen LogP contribution in [0.3, 0.4) is 0 Å². The summed E-state index contributed by atoms with van der Waals surface area (Å²) in [7, 11) is 0. The maximum absolute atomic E-state index is 2.58. The van der Waals surface area contributed by atoms with Gasteiger partial charge in [-0.1, -0.05) is 232 Å². The van der Waals surface area contributed by atoms with Crippen LogP contribution in [0, 0.1) is 0 Å². The predicted octanol–water partition coefficient (Wildman–Crippen LogP) is 17.7. The molecular weight excluding hydrogens is 819 g/mol. The van der Waals surface area contributed by atoms with Gasteiger partial charge in [-0.15, -0.1) is 0 Å². The minimum absolute atomic E-state index is 0.339. The molecule has 3 aliphatic rings. The Labute approximate surface area is 401 Å². The number of nitrogens with zero attached hydrogens (tertiary/aromatic N) is 1. The molecule has 1 heteroatoms. The highest BCUT2D eigenvalue weighted by molar-refractivity contribution is 6.05. The van der Waals surface area contributed by atoms with Gasteiger partial charge in [0, 0.05) is 22.2 Å². The Morgan fingerprint density at radius 1 is 0.368 bits per heavy atom. The normalized spacial score (nSPS) is 16.7. The number of para-hydroxylation sites is 1. The SMILES string of the molecule is CC1(c2ccccc2)c2ccccc2-c2c(N(c3ccc(C4(c5ccccc5)c5ccccc5-c5ccccc54)cc3)c3ccccc3-c3cccc4cccc(C5CCCCC5)c34)cccc21. The third kappa shape index (κ3) is 6.01. The largest absolute Gasteiger partial charge is 0.309 e. The van der Waals surface area contributed by atoms with E-state index in [0.717, 1.165) is 5.69 Å². The van der Waals surface area contributed by atoms with Crippen molar-refractivity contribution in [2.75, 3.05) is 4.90 Å². The van der Waals surface area contributed by atoms with E-state index in [4.69, 9.17) is 0 Å². The summed E-state index contributed by atoms with van der Waals surface area (Å²) in [6.45, 7) is 2.42. The summed E-state index contributed by atoms with van der Waals surface area (Å²) in [4.78, 5) is 2.58. The van der Waals surface area contributed by atoms with Crippen molar-refractivity contribution >= 4 is 27.8 Å². The fourth-order valence-corrected chi connectivity index (χ4v) is 13.0. The van der Waals surface area contributed by atoms with Crippen molar-refractivity contribution in [1.29, 1.82) is 0 Å². The molecule has 1 fully saturated rings. The van der Waals surface area contributed by atoms with Crippen molar-refractivity contribution in [3.05, 3.63) is 281 Å².